The van der Waals surface area contributed by atoms with E-state index in [4.69, 9.17) is 8.85 Å². The molecule has 2 unspecified atom stereocenters. The molecule has 3 heteroatoms. The van der Waals surface area contributed by atoms with Crippen LogP contribution in [-0.4, -0.2) is 22.8 Å². The molecule has 0 saturated heterocycles. The minimum atomic E-state index is -2.19. The quantitative estimate of drug-likeness (QED) is 0.485. The molecule has 76 valence electrons. The van der Waals surface area contributed by atoms with Gasteiger partial charge < -0.3 is 8.85 Å². The van der Waals surface area contributed by atoms with E-state index in [9.17, 15) is 0 Å². The second kappa shape index (κ2) is 5.37. The van der Waals surface area contributed by atoms with E-state index in [0.717, 1.165) is 0 Å². The molecule has 0 radical (unpaired) electrons. The van der Waals surface area contributed by atoms with E-state index in [1.807, 2.05) is 12.2 Å². The summed E-state index contributed by atoms with van der Waals surface area (Å²) in [5.74, 6) is 0. The fourth-order valence-electron chi connectivity index (χ4n) is 1.57. The monoisotopic (exact) mass is 200 g/mol. The first kappa shape index (κ1) is 12.6. The molecular weight excluding hydrogens is 180 g/mol. The fourth-order valence-corrected chi connectivity index (χ4v) is 4.71. The van der Waals surface area contributed by atoms with E-state index in [0.29, 0.717) is 0 Å². The average molecular weight is 200 g/mol. The van der Waals surface area contributed by atoms with E-state index < -0.39 is 8.56 Å². The summed E-state index contributed by atoms with van der Waals surface area (Å²) in [7, 11) is 1.22. The third kappa shape index (κ3) is 2.30. The minimum absolute atomic E-state index is 0.260. The lowest BCUT2D eigenvalue weighted by Crippen LogP contribution is -2.46. The maximum absolute atomic E-state index is 5.57. The Morgan fingerprint density at radius 1 is 1.00 bits per heavy atom. The highest BCUT2D eigenvalue weighted by molar-refractivity contribution is 6.71. The zero-order chi connectivity index (χ0) is 10.5. The molecule has 0 aromatic heterocycles. The van der Waals surface area contributed by atoms with Crippen molar-refractivity contribution in [2.75, 3.05) is 14.2 Å². The second-order valence-corrected chi connectivity index (χ2v) is 7.26. The Bertz CT molecular complexity index is 160. The summed E-state index contributed by atoms with van der Waals surface area (Å²) in [4.78, 5) is 0. The summed E-state index contributed by atoms with van der Waals surface area (Å²) < 4.78 is 11.1. The molecule has 0 rings (SSSR count). The van der Waals surface area contributed by atoms with Crippen LogP contribution in [0.1, 0.15) is 13.8 Å². The van der Waals surface area contributed by atoms with E-state index in [1.54, 1.807) is 14.2 Å². The van der Waals surface area contributed by atoms with Crippen molar-refractivity contribution >= 4 is 8.56 Å². The van der Waals surface area contributed by atoms with Crippen molar-refractivity contribution in [3.63, 3.8) is 0 Å². The minimum Gasteiger partial charge on any atom is -0.397 e. The van der Waals surface area contributed by atoms with Crippen LogP contribution in [0, 0.1) is 0 Å². The van der Waals surface area contributed by atoms with Gasteiger partial charge in [0.15, 0.2) is 0 Å². The first-order valence-corrected chi connectivity index (χ1v) is 6.41. The molecule has 0 bridgehead atoms. The summed E-state index contributed by atoms with van der Waals surface area (Å²) in [5.41, 5.74) is 0.519. The van der Waals surface area contributed by atoms with Crippen molar-refractivity contribution in [2.45, 2.75) is 24.9 Å². The normalized spacial score (nSPS) is 16.3. The molecule has 2 nitrogen and oxygen atoms in total. The zero-order valence-corrected chi connectivity index (χ0v) is 10.0. The van der Waals surface area contributed by atoms with E-state index >= 15 is 0 Å². The lowest BCUT2D eigenvalue weighted by molar-refractivity contribution is 0.230. The van der Waals surface area contributed by atoms with Gasteiger partial charge in [0.25, 0.3) is 0 Å². The van der Waals surface area contributed by atoms with E-state index in [2.05, 4.69) is 27.0 Å². The van der Waals surface area contributed by atoms with Crippen LogP contribution in [0.4, 0.5) is 0 Å². The summed E-state index contributed by atoms with van der Waals surface area (Å²) in [5, 5.41) is 0. The largest absolute Gasteiger partial charge is 0.397 e. The van der Waals surface area contributed by atoms with Crippen LogP contribution in [0.25, 0.3) is 0 Å². The molecule has 0 aliphatic carbocycles. The molecular formula is C10H20O2Si. The first-order chi connectivity index (χ1) is 6.08. The Morgan fingerprint density at radius 3 is 1.46 bits per heavy atom. The fraction of sp³-hybridized carbons (Fsp3) is 0.600. The third-order valence-corrected chi connectivity index (χ3v) is 6.90. The lowest BCUT2D eigenvalue weighted by atomic mass is 10.4. The van der Waals surface area contributed by atoms with Crippen LogP contribution in [0.5, 0.6) is 0 Å². The van der Waals surface area contributed by atoms with Crippen molar-refractivity contribution in [1.82, 2.24) is 0 Å². The van der Waals surface area contributed by atoms with Gasteiger partial charge in [-0.1, -0.05) is 26.0 Å². The number of hydrogen-bond donors (Lipinski definition) is 0. The molecule has 0 saturated carbocycles. The van der Waals surface area contributed by atoms with Gasteiger partial charge in [-0.2, -0.15) is 0 Å². The Morgan fingerprint density at radius 2 is 1.31 bits per heavy atom. The molecule has 0 N–H and O–H groups in total. The zero-order valence-electron chi connectivity index (χ0n) is 9.04. The second-order valence-electron chi connectivity index (χ2n) is 3.18. The molecule has 2 atom stereocenters. The van der Waals surface area contributed by atoms with Gasteiger partial charge in [0.1, 0.15) is 0 Å². The predicted molar refractivity (Wildman–Crippen MR) is 59.0 cm³/mol. The Kier molecular flexibility index (Phi) is 5.21. The summed E-state index contributed by atoms with van der Waals surface area (Å²) in [6.45, 7) is 11.7. The molecule has 0 fully saturated rings. The Hall–Kier alpha value is -0.383. The summed E-state index contributed by atoms with van der Waals surface area (Å²) in [6.07, 6.45) is 3.78. The van der Waals surface area contributed by atoms with Gasteiger partial charge in [-0.25, -0.2) is 0 Å². The van der Waals surface area contributed by atoms with Crippen molar-refractivity contribution in [3.8, 4) is 0 Å². The van der Waals surface area contributed by atoms with Gasteiger partial charge in [-0.15, -0.1) is 13.2 Å². The number of hydrogen-bond acceptors (Lipinski definition) is 2. The number of rotatable bonds is 6. The van der Waals surface area contributed by atoms with Crippen molar-refractivity contribution in [1.29, 1.82) is 0 Å². The smallest absolute Gasteiger partial charge is 0.351 e. The highest BCUT2D eigenvalue weighted by atomic mass is 28.4. The van der Waals surface area contributed by atoms with E-state index in [-0.39, 0.29) is 11.1 Å². The molecule has 0 aliphatic rings. The topological polar surface area (TPSA) is 18.5 Å². The maximum atomic E-state index is 5.57. The Labute approximate surface area is 82.5 Å². The van der Waals surface area contributed by atoms with Gasteiger partial charge >= 0.3 is 8.56 Å². The first-order valence-electron chi connectivity index (χ1n) is 4.44. The highest BCUT2D eigenvalue weighted by Gasteiger charge is 2.44. The lowest BCUT2D eigenvalue weighted by Gasteiger charge is -2.35. The van der Waals surface area contributed by atoms with Crippen LogP contribution >= 0.6 is 0 Å². The van der Waals surface area contributed by atoms with Gasteiger partial charge in [0, 0.05) is 25.3 Å². The van der Waals surface area contributed by atoms with Crippen LogP contribution in [0.3, 0.4) is 0 Å². The van der Waals surface area contributed by atoms with Gasteiger partial charge in [0.05, 0.1) is 0 Å². The van der Waals surface area contributed by atoms with Gasteiger partial charge in [0.2, 0.25) is 0 Å². The van der Waals surface area contributed by atoms with Crippen LogP contribution in [-0.2, 0) is 8.85 Å². The van der Waals surface area contributed by atoms with Crippen LogP contribution in [0.2, 0.25) is 11.1 Å². The highest BCUT2D eigenvalue weighted by Crippen LogP contribution is 2.35. The van der Waals surface area contributed by atoms with Crippen LogP contribution < -0.4 is 0 Å². The molecule has 0 aromatic rings. The molecule has 0 amide bonds. The van der Waals surface area contributed by atoms with Crippen molar-refractivity contribution in [3.05, 3.63) is 25.3 Å². The van der Waals surface area contributed by atoms with E-state index in [1.165, 1.54) is 0 Å². The Balaban J connectivity index is 4.87. The third-order valence-electron chi connectivity index (χ3n) is 2.61. The van der Waals surface area contributed by atoms with Gasteiger partial charge in [-0.05, 0) is 0 Å². The molecule has 0 aliphatic heterocycles. The molecule has 13 heavy (non-hydrogen) atoms. The maximum Gasteiger partial charge on any atom is 0.351 e. The number of allylic oxidation sites excluding steroid dienone is 2. The SMILES string of the molecule is C=CC(C)[Si](OC)(OC)C(C)C=C. The average Bonchev–Trinajstić information content (AvgIpc) is 2.19. The summed E-state index contributed by atoms with van der Waals surface area (Å²) in [6, 6.07) is 0. The van der Waals surface area contributed by atoms with Crippen molar-refractivity contribution < 1.29 is 8.85 Å². The van der Waals surface area contributed by atoms with Crippen molar-refractivity contribution in [2.24, 2.45) is 0 Å². The van der Waals surface area contributed by atoms with Crippen LogP contribution in [0.15, 0.2) is 25.3 Å². The molecule has 0 aromatic carbocycles. The standard InChI is InChI=1S/C10H20O2Si/c1-7-9(3)13(11-5,12-6)10(4)8-2/h7-10H,1-2H2,3-6H3. The summed E-state index contributed by atoms with van der Waals surface area (Å²) >= 11 is 0. The predicted octanol–water partition coefficient (Wildman–Crippen LogP) is 2.87. The molecule has 0 heterocycles. The molecule has 0 spiro atoms. The van der Waals surface area contributed by atoms with Gasteiger partial charge in [-0.3, -0.25) is 0 Å².